The average molecular weight is 1000 g/mol. The molecule has 0 spiro atoms. The highest BCUT2D eigenvalue weighted by atomic mass is 16.6. The van der Waals surface area contributed by atoms with Crippen molar-refractivity contribution in [1.29, 1.82) is 0 Å². The van der Waals surface area contributed by atoms with Crippen molar-refractivity contribution in [1.82, 2.24) is 0 Å². The normalized spacial score (nSPS) is 12.7. The predicted molar refractivity (Wildman–Crippen MR) is 311 cm³/mol. The molecule has 0 saturated carbocycles. The van der Waals surface area contributed by atoms with Crippen molar-refractivity contribution in [2.24, 2.45) is 0 Å². The van der Waals surface area contributed by atoms with Gasteiger partial charge in [-0.05, 0) is 70.6 Å². The Bertz CT molecular complexity index is 1380. The first-order chi connectivity index (χ1) is 35.5. The first-order valence-corrected chi connectivity index (χ1v) is 30.7. The van der Waals surface area contributed by atoms with Gasteiger partial charge >= 0.3 is 17.9 Å². The quantitative estimate of drug-likeness (QED) is 0.0199. The summed E-state index contributed by atoms with van der Waals surface area (Å²) in [5.41, 5.74) is 0. The van der Waals surface area contributed by atoms with Gasteiger partial charge in [0.05, 0.1) is 0 Å². The summed E-state index contributed by atoms with van der Waals surface area (Å²) in [4.78, 5) is 38.3. The maximum atomic E-state index is 12.9. The Labute approximate surface area is 445 Å². The number of esters is 3. The van der Waals surface area contributed by atoms with Gasteiger partial charge in [0.25, 0.3) is 0 Å². The summed E-state index contributed by atoms with van der Waals surface area (Å²) >= 11 is 0. The molecule has 0 aliphatic heterocycles. The molecule has 0 rings (SSSR count). The number of carbonyl (C=O) groups excluding carboxylic acids is 3. The second-order valence-electron chi connectivity index (χ2n) is 20.4. The standard InChI is InChI=1S/C66H114O6/c1-4-7-10-13-16-19-22-25-28-31-33-36-38-41-44-47-50-53-56-59-65(68)71-62-63(61-70-64(67)58-55-52-49-46-43-40-37-34-30-27-24-21-18-15-12-9-6-3)72-66(69)60-57-54-51-48-45-42-39-35-32-29-26-23-20-17-14-11-8-5-2/h11,14,17-18,20-21,23,26-27,29-30,32,35,39,63H,4-10,12-13,15-16,19,22,24-25,28,31,33-34,36-38,40-62H2,1-3H3/b14-11-,20-17-,21-18-,26-23-,30-27-,32-29-,39-35-. The van der Waals surface area contributed by atoms with Gasteiger partial charge in [-0.1, -0.05) is 292 Å². The fourth-order valence-corrected chi connectivity index (χ4v) is 8.62. The van der Waals surface area contributed by atoms with Gasteiger partial charge in [-0.25, -0.2) is 0 Å². The average Bonchev–Trinajstić information content (AvgIpc) is 3.38. The van der Waals surface area contributed by atoms with Crippen molar-refractivity contribution in [3.8, 4) is 0 Å². The Hall–Kier alpha value is -3.41. The molecule has 0 aliphatic carbocycles. The fourth-order valence-electron chi connectivity index (χ4n) is 8.62. The topological polar surface area (TPSA) is 78.9 Å². The molecular formula is C66H114O6. The van der Waals surface area contributed by atoms with Gasteiger partial charge < -0.3 is 14.2 Å². The van der Waals surface area contributed by atoms with Crippen molar-refractivity contribution in [3.63, 3.8) is 0 Å². The molecule has 0 fully saturated rings. The first kappa shape index (κ1) is 68.6. The monoisotopic (exact) mass is 1000 g/mol. The molecule has 414 valence electrons. The van der Waals surface area contributed by atoms with Gasteiger partial charge in [0.1, 0.15) is 13.2 Å². The van der Waals surface area contributed by atoms with Crippen LogP contribution in [0.15, 0.2) is 85.1 Å². The predicted octanol–water partition coefficient (Wildman–Crippen LogP) is 20.7. The summed E-state index contributed by atoms with van der Waals surface area (Å²) in [5.74, 6) is -0.909. The highest BCUT2D eigenvalue weighted by Gasteiger charge is 2.19. The lowest BCUT2D eigenvalue weighted by Gasteiger charge is -2.18. The lowest BCUT2D eigenvalue weighted by atomic mass is 10.0. The van der Waals surface area contributed by atoms with Crippen molar-refractivity contribution >= 4 is 17.9 Å². The van der Waals surface area contributed by atoms with Crippen LogP contribution < -0.4 is 0 Å². The molecule has 0 aromatic carbocycles. The smallest absolute Gasteiger partial charge is 0.306 e. The molecule has 0 aromatic rings. The van der Waals surface area contributed by atoms with E-state index in [1.165, 1.54) is 161 Å². The highest BCUT2D eigenvalue weighted by molar-refractivity contribution is 5.71. The van der Waals surface area contributed by atoms with Crippen LogP contribution in [-0.4, -0.2) is 37.2 Å². The van der Waals surface area contributed by atoms with Crippen molar-refractivity contribution in [2.75, 3.05) is 13.2 Å². The second kappa shape index (κ2) is 60.1. The third kappa shape index (κ3) is 57.5. The lowest BCUT2D eigenvalue weighted by molar-refractivity contribution is -0.167. The van der Waals surface area contributed by atoms with Crippen LogP contribution in [0.4, 0.5) is 0 Å². The zero-order valence-electron chi connectivity index (χ0n) is 47.4. The molecule has 72 heavy (non-hydrogen) atoms. The third-order valence-corrected chi connectivity index (χ3v) is 13.2. The summed E-state index contributed by atoms with van der Waals surface area (Å²) in [6.45, 7) is 6.53. The second-order valence-corrected chi connectivity index (χ2v) is 20.4. The minimum absolute atomic E-state index is 0.0876. The van der Waals surface area contributed by atoms with Crippen LogP contribution in [0, 0.1) is 0 Å². The Morgan fingerprint density at radius 3 is 0.972 bits per heavy atom. The molecule has 0 amide bonds. The summed E-state index contributed by atoms with van der Waals surface area (Å²) in [7, 11) is 0. The number of hydrogen-bond donors (Lipinski definition) is 0. The van der Waals surface area contributed by atoms with Gasteiger partial charge in [-0.15, -0.1) is 0 Å². The molecule has 0 radical (unpaired) electrons. The number of carbonyl (C=O) groups is 3. The number of allylic oxidation sites excluding steroid dienone is 14. The van der Waals surface area contributed by atoms with E-state index in [2.05, 4.69) is 81.5 Å². The van der Waals surface area contributed by atoms with Gasteiger partial charge in [0, 0.05) is 19.3 Å². The van der Waals surface area contributed by atoms with Gasteiger partial charge in [-0.3, -0.25) is 14.4 Å². The van der Waals surface area contributed by atoms with Crippen molar-refractivity contribution in [2.45, 2.75) is 303 Å². The molecule has 0 saturated heterocycles. The number of unbranched alkanes of at least 4 members (excludes halogenated alkanes) is 34. The maximum absolute atomic E-state index is 12.9. The Kier molecular flexibility index (Phi) is 57.3. The van der Waals surface area contributed by atoms with E-state index in [9.17, 15) is 14.4 Å². The molecule has 0 N–H and O–H groups in total. The molecule has 6 nitrogen and oxygen atoms in total. The molecule has 0 bridgehead atoms. The van der Waals surface area contributed by atoms with Crippen molar-refractivity contribution in [3.05, 3.63) is 85.1 Å². The van der Waals surface area contributed by atoms with E-state index < -0.39 is 6.10 Å². The van der Waals surface area contributed by atoms with Gasteiger partial charge in [0.15, 0.2) is 6.10 Å². The maximum Gasteiger partial charge on any atom is 0.306 e. The van der Waals surface area contributed by atoms with Crippen LogP contribution in [0.1, 0.15) is 297 Å². The van der Waals surface area contributed by atoms with Crippen LogP contribution >= 0.6 is 0 Å². The number of rotatable bonds is 55. The highest BCUT2D eigenvalue weighted by Crippen LogP contribution is 2.17. The lowest BCUT2D eigenvalue weighted by Crippen LogP contribution is -2.30. The molecule has 0 heterocycles. The summed E-state index contributed by atoms with van der Waals surface area (Å²) in [5, 5.41) is 0. The molecule has 1 atom stereocenters. The van der Waals surface area contributed by atoms with Crippen LogP contribution in [0.2, 0.25) is 0 Å². The molecule has 0 aromatic heterocycles. The van der Waals surface area contributed by atoms with E-state index >= 15 is 0 Å². The van der Waals surface area contributed by atoms with Gasteiger partial charge in [0.2, 0.25) is 0 Å². The van der Waals surface area contributed by atoms with E-state index in [1.54, 1.807) is 0 Å². The zero-order chi connectivity index (χ0) is 52.2. The molecule has 6 heteroatoms. The van der Waals surface area contributed by atoms with Crippen LogP contribution in [-0.2, 0) is 28.6 Å². The fraction of sp³-hybridized carbons (Fsp3) is 0.742. The van der Waals surface area contributed by atoms with Crippen molar-refractivity contribution < 1.29 is 28.6 Å². The van der Waals surface area contributed by atoms with Crippen LogP contribution in [0.5, 0.6) is 0 Å². The summed E-state index contributed by atoms with van der Waals surface area (Å²) in [6.07, 6.45) is 78.5. The number of hydrogen-bond acceptors (Lipinski definition) is 6. The largest absolute Gasteiger partial charge is 0.462 e. The van der Waals surface area contributed by atoms with E-state index in [0.29, 0.717) is 19.3 Å². The van der Waals surface area contributed by atoms with Crippen LogP contribution in [0.25, 0.3) is 0 Å². The summed E-state index contributed by atoms with van der Waals surface area (Å²) < 4.78 is 16.9. The van der Waals surface area contributed by atoms with E-state index in [0.717, 1.165) is 96.3 Å². The number of ether oxygens (including phenoxy) is 3. The SMILES string of the molecule is CCC\C=C/C=C\C=C/C=C\C=C/CCCCCCCC(=O)OC(COC(=O)CCCCCCCCC/C=C\C/C=C\CCCCC)COC(=O)CCCCCCCCCCCCCCCCCCCCC. The van der Waals surface area contributed by atoms with E-state index in [4.69, 9.17) is 14.2 Å². The van der Waals surface area contributed by atoms with Crippen LogP contribution in [0.3, 0.4) is 0 Å². The Morgan fingerprint density at radius 2 is 0.583 bits per heavy atom. The third-order valence-electron chi connectivity index (χ3n) is 13.2. The minimum Gasteiger partial charge on any atom is -0.462 e. The molecule has 1 unspecified atom stereocenters. The summed E-state index contributed by atoms with van der Waals surface area (Å²) in [6, 6.07) is 0. The van der Waals surface area contributed by atoms with E-state index in [1.807, 2.05) is 24.3 Å². The molecule has 0 aliphatic rings. The minimum atomic E-state index is -0.794. The molecular weight excluding hydrogens is 889 g/mol. The Morgan fingerprint density at radius 1 is 0.292 bits per heavy atom. The first-order valence-electron chi connectivity index (χ1n) is 30.7. The van der Waals surface area contributed by atoms with E-state index in [-0.39, 0.29) is 31.1 Å². The zero-order valence-corrected chi connectivity index (χ0v) is 47.4. The van der Waals surface area contributed by atoms with Gasteiger partial charge in [-0.2, -0.15) is 0 Å². The Balaban J connectivity index is 4.43.